The Morgan fingerprint density at radius 2 is 1.95 bits per heavy atom. The highest BCUT2D eigenvalue weighted by Gasteiger charge is 2.08. The SMILES string of the molecule is COc1cccc(Br)c1OCCNc1ccccc1Cl. The van der Waals surface area contributed by atoms with Gasteiger partial charge in [-0.05, 0) is 40.2 Å². The van der Waals surface area contributed by atoms with Crippen LogP contribution in [0.4, 0.5) is 5.69 Å². The number of benzene rings is 2. The predicted octanol–water partition coefficient (Wildman–Crippen LogP) is 4.60. The number of methoxy groups -OCH3 is 1. The van der Waals surface area contributed by atoms with Crippen LogP contribution in [0, 0.1) is 0 Å². The van der Waals surface area contributed by atoms with E-state index >= 15 is 0 Å². The lowest BCUT2D eigenvalue weighted by Gasteiger charge is -2.13. The summed E-state index contributed by atoms with van der Waals surface area (Å²) in [6.45, 7) is 1.15. The van der Waals surface area contributed by atoms with Crippen LogP contribution in [0.2, 0.25) is 5.02 Å². The maximum atomic E-state index is 6.06. The summed E-state index contributed by atoms with van der Waals surface area (Å²) in [5, 5.41) is 3.93. The molecule has 3 nitrogen and oxygen atoms in total. The van der Waals surface area contributed by atoms with Gasteiger partial charge in [-0.3, -0.25) is 0 Å². The van der Waals surface area contributed by atoms with Gasteiger partial charge in [0.1, 0.15) is 6.61 Å². The number of anilines is 1. The molecule has 0 aromatic heterocycles. The fourth-order valence-corrected chi connectivity index (χ4v) is 2.40. The Hall–Kier alpha value is -1.39. The first-order valence-electron chi connectivity index (χ1n) is 6.16. The van der Waals surface area contributed by atoms with Crippen LogP contribution in [0.25, 0.3) is 0 Å². The molecule has 2 aromatic carbocycles. The summed E-state index contributed by atoms with van der Waals surface area (Å²) >= 11 is 9.51. The molecule has 0 saturated carbocycles. The molecule has 0 radical (unpaired) electrons. The third-order valence-electron chi connectivity index (χ3n) is 2.69. The number of halogens is 2. The average molecular weight is 357 g/mol. The standard InChI is InChI=1S/C15H15BrClNO2/c1-19-14-8-4-5-11(16)15(14)20-10-9-18-13-7-3-2-6-12(13)17/h2-8,18H,9-10H2,1H3. The summed E-state index contributed by atoms with van der Waals surface area (Å²) < 4.78 is 11.9. The summed E-state index contributed by atoms with van der Waals surface area (Å²) in [4.78, 5) is 0. The van der Waals surface area contributed by atoms with Gasteiger partial charge in [-0.2, -0.15) is 0 Å². The van der Waals surface area contributed by atoms with Gasteiger partial charge in [0.2, 0.25) is 0 Å². The Bertz CT molecular complexity index is 578. The van der Waals surface area contributed by atoms with Gasteiger partial charge in [0.25, 0.3) is 0 Å². The number of ether oxygens (including phenoxy) is 2. The Kier molecular flexibility index (Phi) is 5.56. The van der Waals surface area contributed by atoms with Gasteiger partial charge in [0.05, 0.1) is 22.3 Å². The van der Waals surface area contributed by atoms with Crippen molar-refractivity contribution in [2.24, 2.45) is 0 Å². The smallest absolute Gasteiger partial charge is 0.175 e. The van der Waals surface area contributed by atoms with Crippen LogP contribution in [0.5, 0.6) is 11.5 Å². The van der Waals surface area contributed by atoms with Crippen LogP contribution in [0.15, 0.2) is 46.9 Å². The third-order valence-corrected chi connectivity index (χ3v) is 3.64. The third kappa shape index (κ3) is 3.81. The summed E-state index contributed by atoms with van der Waals surface area (Å²) in [5.74, 6) is 1.41. The Morgan fingerprint density at radius 1 is 1.15 bits per heavy atom. The Morgan fingerprint density at radius 3 is 2.70 bits per heavy atom. The molecule has 0 unspecified atom stereocenters. The van der Waals surface area contributed by atoms with Crippen molar-refractivity contribution >= 4 is 33.2 Å². The highest BCUT2D eigenvalue weighted by molar-refractivity contribution is 9.10. The van der Waals surface area contributed by atoms with Crippen molar-refractivity contribution < 1.29 is 9.47 Å². The van der Waals surface area contributed by atoms with E-state index in [4.69, 9.17) is 21.1 Å². The van der Waals surface area contributed by atoms with Crippen LogP contribution < -0.4 is 14.8 Å². The summed E-state index contributed by atoms with van der Waals surface area (Å²) in [6, 6.07) is 13.3. The monoisotopic (exact) mass is 355 g/mol. The predicted molar refractivity (Wildman–Crippen MR) is 86.1 cm³/mol. The van der Waals surface area contributed by atoms with E-state index < -0.39 is 0 Å². The largest absolute Gasteiger partial charge is 0.493 e. The Balaban J connectivity index is 1.89. The second kappa shape index (κ2) is 7.41. The highest BCUT2D eigenvalue weighted by Crippen LogP contribution is 2.34. The van der Waals surface area contributed by atoms with Gasteiger partial charge in [-0.15, -0.1) is 0 Å². The molecule has 106 valence electrons. The fourth-order valence-electron chi connectivity index (χ4n) is 1.73. The van der Waals surface area contributed by atoms with E-state index in [2.05, 4.69) is 21.2 Å². The maximum absolute atomic E-state index is 6.06. The molecule has 2 aromatic rings. The molecule has 0 aliphatic rings. The van der Waals surface area contributed by atoms with E-state index in [9.17, 15) is 0 Å². The van der Waals surface area contributed by atoms with Crippen LogP contribution in [-0.4, -0.2) is 20.3 Å². The van der Waals surface area contributed by atoms with Crippen LogP contribution in [0.3, 0.4) is 0 Å². The number of para-hydroxylation sites is 2. The molecule has 1 N–H and O–H groups in total. The van der Waals surface area contributed by atoms with E-state index in [0.29, 0.717) is 29.7 Å². The fraction of sp³-hybridized carbons (Fsp3) is 0.200. The first-order valence-corrected chi connectivity index (χ1v) is 7.33. The molecule has 0 saturated heterocycles. The molecular formula is C15H15BrClNO2. The first-order chi connectivity index (χ1) is 9.72. The van der Waals surface area contributed by atoms with Crippen molar-refractivity contribution in [3.63, 3.8) is 0 Å². The van der Waals surface area contributed by atoms with Gasteiger partial charge >= 0.3 is 0 Å². The molecule has 0 aliphatic carbocycles. The first kappa shape index (κ1) is 15.0. The summed E-state index contributed by atoms with van der Waals surface area (Å²) in [5.41, 5.74) is 0.900. The van der Waals surface area contributed by atoms with Crippen LogP contribution >= 0.6 is 27.5 Å². The molecule has 0 fully saturated rings. The van der Waals surface area contributed by atoms with Gasteiger partial charge in [0.15, 0.2) is 11.5 Å². The normalized spacial score (nSPS) is 10.2. The van der Waals surface area contributed by atoms with Gasteiger partial charge < -0.3 is 14.8 Å². The highest BCUT2D eigenvalue weighted by atomic mass is 79.9. The second-order valence-electron chi connectivity index (χ2n) is 4.03. The van der Waals surface area contributed by atoms with Crippen LogP contribution in [-0.2, 0) is 0 Å². The number of hydrogen-bond acceptors (Lipinski definition) is 3. The molecule has 0 heterocycles. The summed E-state index contributed by atoms with van der Waals surface area (Å²) in [6.07, 6.45) is 0. The van der Waals surface area contributed by atoms with E-state index in [1.165, 1.54) is 0 Å². The average Bonchev–Trinajstić information content (AvgIpc) is 2.46. The molecule has 5 heteroatoms. The lowest BCUT2D eigenvalue weighted by molar-refractivity contribution is 0.304. The number of hydrogen-bond donors (Lipinski definition) is 1. The van der Waals surface area contributed by atoms with Crippen molar-refractivity contribution in [3.8, 4) is 11.5 Å². The van der Waals surface area contributed by atoms with Gasteiger partial charge in [-0.1, -0.05) is 29.8 Å². The lowest BCUT2D eigenvalue weighted by atomic mass is 10.3. The molecule has 0 spiro atoms. The summed E-state index contributed by atoms with van der Waals surface area (Å²) in [7, 11) is 1.62. The molecule has 2 rings (SSSR count). The molecule has 0 amide bonds. The topological polar surface area (TPSA) is 30.5 Å². The minimum Gasteiger partial charge on any atom is -0.493 e. The van der Waals surface area contributed by atoms with E-state index in [0.717, 1.165) is 10.2 Å². The maximum Gasteiger partial charge on any atom is 0.175 e. The van der Waals surface area contributed by atoms with E-state index in [1.807, 2.05) is 42.5 Å². The van der Waals surface area contributed by atoms with Crippen molar-refractivity contribution in [3.05, 3.63) is 52.0 Å². The van der Waals surface area contributed by atoms with Crippen molar-refractivity contribution in [1.82, 2.24) is 0 Å². The molecule has 20 heavy (non-hydrogen) atoms. The molecule has 0 aliphatic heterocycles. The van der Waals surface area contributed by atoms with Crippen LogP contribution in [0.1, 0.15) is 0 Å². The van der Waals surface area contributed by atoms with E-state index in [-0.39, 0.29) is 0 Å². The Labute approximate surface area is 132 Å². The van der Waals surface area contributed by atoms with Crippen molar-refractivity contribution in [2.45, 2.75) is 0 Å². The lowest BCUT2D eigenvalue weighted by Crippen LogP contribution is -2.12. The molecule has 0 bridgehead atoms. The molecular weight excluding hydrogens is 342 g/mol. The number of nitrogens with one attached hydrogen (secondary N) is 1. The van der Waals surface area contributed by atoms with Crippen molar-refractivity contribution in [2.75, 3.05) is 25.6 Å². The zero-order chi connectivity index (χ0) is 14.4. The number of rotatable bonds is 6. The van der Waals surface area contributed by atoms with Crippen molar-refractivity contribution in [1.29, 1.82) is 0 Å². The van der Waals surface area contributed by atoms with Gasteiger partial charge in [-0.25, -0.2) is 0 Å². The quantitative estimate of drug-likeness (QED) is 0.767. The minimum atomic E-state index is 0.504. The minimum absolute atomic E-state index is 0.504. The zero-order valence-corrected chi connectivity index (χ0v) is 13.4. The van der Waals surface area contributed by atoms with Gasteiger partial charge in [0, 0.05) is 6.54 Å². The second-order valence-corrected chi connectivity index (χ2v) is 5.29. The molecule has 0 atom stereocenters. The zero-order valence-electron chi connectivity index (χ0n) is 11.0. The van der Waals surface area contributed by atoms with E-state index in [1.54, 1.807) is 7.11 Å².